The number of nitrogens with one attached hydrogen (secondary N) is 2. The van der Waals surface area contributed by atoms with E-state index in [1.165, 1.54) is 0 Å². The van der Waals surface area contributed by atoms with Crippen molar-refractivity contribution in [2.24, 2.45) is 10.8 Å². The molecule has 24 heavy (non-hydrogen) atoms. The molecule has 1 aromatic carbocycles. The summed E-state index contributed by atoms with van der Waals surface area (Å²) < 4.78 is 0. The van der Waals surface area contributed by atoms with E-state index in [2.05, 4.69) is 17.2 Å². The molecule has 0 radical (unpaired) electrons. The highest BCUT2D eigenvalue weighted by Gasteiger charge is 2.27. The lowest BCUT2D eigenvalue weighted by molar-refractivity contribution is -0.126. The summed E-state index contributed by atoms with van der Waals surface area (Å²) in [4.78, 5) is 24.5. The summed E-state index contributed by atoms with van der Waals surface area (Å²) in [7, 11) is 0. The first kappa shape index (κ1) is 20.1. The van der Waals surface area contributed by atoms with Crippen molar-refractivity contribution in [2.45, 2.75) is 41.0 Å². The molecule has 1 rings (SSSR count). The summed E-state index contributed by atoms with van der Waals surface area (Å²) in [5.74, 6) is 0.136. The number of amides is 1. The topological polar surface area (TPSA) is 58.2 Å². The minimum atomic E-state index is -0.471. The van der Waals surface area contributed by atoms with Crippen molar-refractivity contribution < 1.29 is 9.59 Å². The number of carbonyl (C=O) groups is 2. The number of benzene rings is 1. The van der Waals surface area contributed by atoms with Crippen molar-refractivity contribution in [3.63, 3.8) is 0 Å². The molecule has 1 aromatic rings. The van der Waals surface area contributed by atoms with E-state index < -0.39 is 10.8 Å². The molecular formula is C20H30N2O2. The predicted molar refractivity (Wildman–Crippen MR) is 100 cm³/mol. The molecule has 0 aliphatic heterocycles. The third-order valence-electron chi connectivity index (χ3n) is 3.84. The number of ketones is 1. The lowest BCUT2D eigenvalue weighted by atomic mass is 9.81. The number of rotatable bonds is 8. The minimum absolute atomic E-state index is 0.0244. The molecule has 0 spiro atoms. The van der Waals surface area contributed by atoms with Gasteiger partial charge in [-0.15, -0.1) is 6.58 Å². The molecule has 0 fully saturated rings. The van der Waals surface area contributed by atoms with Crippen molar-refractivity contribution >= 4 is 17.4 Å². The SMILES string of the molecule is C=CCNCC(=O)C(C)(C)Cc1cccc(NC(=O)C(C)(C)C)c1. The van der Waals surface area contributed by atoms with Gasteiger partial charge in [-0.1, -0.05) is 52.8 Å². The average molecular weight is 330 g/mol. The predicted octanol–water partition coefficient (Wildman–Crippen LogP) is 3.58. The van der Waals surface area contributed by atoms with Gasteiger partial charge in [0.1, 0.15) is 0 Å². The Labute approximate surface area is 145 Å². The molecular weight excluding hydrogens is 300 g/mol. The molecule has 0 atom stereocenters. The second kappa shape index (κ2) is 8.25. The maximum absolute atomic E-state index is 12.4. The first-order valence-corrected chi connectivity index (χ1v) is 8.31. The fourth-order valence-corrected chi connectivity index (χ4v) is 2.21. The summed E-state index contributed by atoms with van der Waals surface area (Å²) >= 11 is 0. The van der Waals surface area contributed by atoms with Gasteiger partial charge in [-0.3, -0.25) is 9.59 Å². The van der Waals surface area contributed by atoms with Crippen LogP contribution in [0.1, 0.15) is 40.2 Å². The van der Waals surface area contributed by atoms with Gasteiger partial charge in [0.2, 0.25) is 5.91 Å². The largest absolute Gasteiger partial charge is 0.326 e. The Balaban J connectivity index is 2.77. The Morgan fingerprint density at radius 1 is 1.17 bits per heavy atom. The molecule has 1 amide bonds. The standard InChI is InChI=1S/C20H30N2O2/c1-7-11-21-14-17(23)20(5,6)13-15-9-8-10-16(12-15)22-18(24)19(2,3)4/h7-10,12,21H,1,11,13-14H2,2-6H3,(H,22,24). The highest BCUT2D eigenvalue weighted by molar-refractivity contribution is 5.94. The Kier molecular flexibility index (Phi) is 6.91. The van der Waals surface area contributed by atoms with Crippen molar-refractivity contribution in [1.82, 2.24) is 5.32 Å². The molecule has 0 unspecified atom stereocenters. The summed E-state index contributed by atoms with van der Waals surface area (Å²) in [6, 6.07) is 7.70. The zero-order valence-corrected chi connectivity index (χ0v) is 15.5. The van der Waals surface area contributed by atoms with Gasteiger partial charge >= 0.3 is 0 Å². The van der Waals surface area contributed by atoms with E-state index >= 15 is 0 Å². The van der Waals surface area contributed by atoms with Gasteiger partial charge in [-0.25, -0.2) is 0 Å². The van der Waals surface area contributed by atoms with Crippen LogP contribution >= 0.6 is 0 Å². The summed E-state index contributed by atoms with van der Waals surface area (Å²) in [5.41, 5.74) is 0.882. The van der Waals surface area contributed by atoms with Crippen LogP contribution in [0, 0.1) is 10.8 Å². The molecule has 0 aliphatic carbocycles. The van der Waals surface area contributed by atoms with Crippen LogP contribution in [0.3, 0.4) is 0 Å². The molecule has 0 saturated carbocycles. The van der Waals surface area contributed by atoms with Gasteiger partial charge in [0.05, 0.1) is 6.54 Å². The maximum Gasteiger partial charge on any atom is 0.229 e. The monoisotopic (exact) mass is 330 g/mol. The van der Waals surface area contributed by atoms with Crippen molar-refractivity contribution in [2.75, 3.05) is 18.4 Å². The Morgan fingerprint density at radius 2 is 1.83 bits per heavy atom. The lowest BCUT2D eigenvalue weighted by Gasteiger charge is -2.24. The van der Waals surface area contributed by atoms with E-state index in [0.29, 0.717) is 19.5 Å². The Bertz CT molecular complexity index is 598. The van der Waals surface area contributed by atoms with Crippen molar-refractivity contribution in [3.05, 3.63) is 42.5 Å². The summed E-state index contributed by atoms with van der Waals surface area (Å²) in [6.45, 7) is 14.1. The molecule has 0 bridgehead atoms. The van der Waals surface area contributed by atoms with Crippen molar-refractivity contribution in [1.29, 1.82) is 0 Å². The number of anilines is 1. The van der Waals surface area contributed by atoms with Crippen LogP contribution in [0.4, 0.5) is 5.69 Å². The van der Waals surface area contributed by atoms with Crippen LogP contribution in [0.5, 0.6) is 0 Å². The number of carbonyl (C=O) groups excluding carboxylic acids is 2. The fraction of sp³-hybridized carbons (Fsp3) is 0.500. The van der Waals surface area contributed by atoms with E-state index in [0.717, 1.165) is 11.3 Å². The van der Waals surface area contributed by atoms with Crippen LogP contribution < -0.4 is 10.6 Å². The average Bonchev–Trinajstić information content (AvgIpc) is 2.46. The van der Waals surface area contributed by atoms with Crippen LogP contribution in [0.15, 0.2) is 36.9 Å². The zero-order valence-electron chi connectivity index (χ0n) is 15.5. The van der Waals surface area contributed by atoms with Gasteiger partial charge in [-0.05, 0) is 24.1 Å². The van der Waals surface area contributed by atoms with Crippen LogP contribution in [-0.2, 0) is 16.0 Å². The van der Waals surface area contributed by atoms with E-state index in [1.54, 1.807) is 6.08 Å². The summed E-state index contributed by atoms with van der Waals surface area (Å²) in [6.07, 6.45) is 2.36. The Morgan fingerprint density at radius 3 is 2.42 bits per heavy atom. The molecule has 132 valence electrons. The zero-order chi connectivity index (χ0) is 18.4. The molecule has 4 heteroatoms. The first-order chi connectivity index (χ1) is 11.1. The van der Waals surface area contributed by atoms with Crippen LogP contribution in [-0.4, -0.2) is 24.8 Å². The number of hydrogen-bond donors (Lipinski definition) is 2. The van der Waals surface area contributed by atoms with Gasteiger partial charge in [0.25, 0.3) is 0 Å². The highest BCUT2D eigenvalue weighted by atomic mass is 16.2. The second-order valence-electron chi connectivity index (χ2n) is 7.81. The number of Topliss-reactive ketones (excluding diaryl/α,β-unsaturated/α-hetero) is 1. The normalized spacial score (nSPS) is 11.9. The van der Waals surface area contributed by atoms with Crippen LogP contribution in [0.2, 0.25) is 0 Å². The minimum Gasteiger partial charge on any atom is -0.326 e. The molecule has 0 saturated heterocycles. The smallest absolute Gasteiger partial charge is 0.229 e. The quantitative estimate of drug-likeness (QED) is 0.566. The van der Waals surface area contributed by atoms with E-state index in [4.69, 9.17) is 0 Å². The lowest BCUT2D eigenvalue weighted by Crippen LogP contribution is -2.35. The molecule has 2 N–H and O–H groups in total. The van der Waals surface area contributed by atoms with Gasteiger partial charge in [0, 0.05) is 23.1 Å². The molecule has 0 heterocycles. The van der Waals surface area contributed by atoms with E-state index in [-0.39, 0.29) is 11.7 Å². The first-order valence-electron chi connectivity index (χ1n) is 8.31. The third-order valence-corrected chi connectivity index (χ3v) is 3.84. The van der Waals surface area contributed by atoms with Gasteiger partial charge in [0.15, 0.2) is 5.78 Å². The molecule has 4 nitrogen and oxygen atoms in total. The second-order valence-corrected chi connectivity index (χ2v) is 7.81. The van der Waals surface area contributed by atoms with Crippen molar-refractivity contribution in [3.8, 4) is 0 Å². The van der Waals surface area contributed by atoms with Gasteiger partial charge < -0.3 is 10.6 Å². The fourth-order valence-electron chi connectivity index (χ4n) is 2.21. The molecule has 0 aliphatic rings. The van der Waals surface area contributed by atoms with E-state index in [9.17, 15) is 9.59 Å². The van der Waals surface area contributed by atoms with Crippen LogP contribution in [0.25, 0.3) is 0 Å². The third kappa shape index (κ3) is 6.28. The molecule has 0 aromatic heterocycles. The number of hydrogen-bond acceptors (Lipinski definition) is 3. The highest BCUT2D eigenvalue weighted by Crippen LogP contribution is 2.25. The van der Waals surface area contributed by atoms with Gasteiger partial charge in [-0.2, -0.15) is 0 Å². The van der Waals surface area contributed by atoms with E-state index in [1.807, 2.05) is 58.9 Å². The maximum atomic E-state index is 12.4. The summed E-state index contributed by atoms with van der Waals surface area (Å²) in [5, 5.41) is 5.99. The Hall–Kier alpha value is -1.94.